The molecule has 0 fully saturated rings. The number of hydrogen-bond donors (Lipinski definition) is 0. The number of benzene rings is 3. The van der Waals surface area contributed by atoms with Gasteiger partial charge in [-0.1, -0.05) is 0 Å². The van der Waals surface area contributed by atoms with E-state index in [0.29, 0.717) is 0 Å². The van der Waals surface area contributed by atoms with Crippen LogP contribution >= 0.6 is 11.5 Å². The first-order valence-electron chi connectivity index (χ1n) is 11.3. The van der Waals surface area contributed by atoms with E-state index >= 15 is 0 Å². The van der Waals surface area contributed by atoms with Gasteiger partial charge in [-0.3, -0.25) is 0 Å². The highest BCUT2D eigenvalue weighted by Crippen LogP contribution is 2.29. The Kier molecular flexibility index (Phi) is 9.43. The van der Waals surface area contributed by atoms with Gasteiger partial charge in [0.05, 0.1) is 13.6 Å². The lowest BCUT2D eigenvalue weighted by atomic mass is 9.34. The third-order valence-electron chi connectivity index (χ3n) is 6.11. The average Bonchev–Trinajstić information content (AvgIpc) is 3.40. The van der Waals surface area contributed by atoms with Gasteiger partial charge in [0, 0.05) is 0 Å². The molecule has 0 saturated heterocycles. The van der Waals surface area contributed by atoms with Gasteiger partial charge in [0.1, 0.15) is 47.3 Å². The molecule has 0 N–H and O–H groups in total. The SMILES string of the molecule is CCn1cc[n+](C)c1.Fc1c(F)c(F)c([B-](Cl)(c2c(F)c(F)c(F)c(F)c2F)c2c(F)c(F)c(F)c(F)c2F)c(F)c1F. The summed E-state index contributed by atoms with van der Waals surface area (Å²) in [6, 6.07) is 0. The second-order valence-corrected chi connectivity index (χ2v) is 9.28. The molecule has 0 bridgehead atoms. The monoisotopic (exact) mass is 658 g/mol. The summed E-state index contributed by atoms with van der Waals surface area (Å²) in [5.74, 6) is -46.5. The molecule has 4 aromatic rings. The zero-order chi connectivity index (χ0) is 32.9. The maximum absolute atomic E-state index is 14.6. The quantitative estimate of drug-likeness (QED) is 0.0925. The van der Waals surface area contributed by atoms with Gasteiger partial charge in [-0.15, -0.1) is 16.4 Å². The van der Waals surface area contributed by atoms with E-state index in [-0.39, 0.29) is 0 Å². The van der Waals surface area contributed by atoms with Crippen molar-refractivity contribution in [1.82, 2.24) is 4.57 Å². The fraction of sp³-hybridized carbons (Fsp3) is 0.125. The molecule has 0 atom stereocenters. The molecule has 1 heterocycles. The molecule has 0 aliphatic heterocycles. The Labute approximate surface area is 235 Å². The van der Waals surface area contributed by atoms with Crippen LogP contribution in [-0.4, -0.2) is 10.1 Å². The first kappa shape index (κ1) is 33.7. The van der Waals surface area contributed by atoms with Crippen molar-refractivity contribution in [1.29, 1.82) is 0 Å². The Balaban J connectivity index is 0.000000546. The summed E-state index contributed by atoms with van der Waals surface area (Å²) in [6.07, 6.45) is 6.14. The molecule has 0 radical (unpaired) electrons. The van der Waals surface area contributed by atoms with Crippen molar-refractivity contribution in [2.45, 2.75) is 13.5 Å². The van der Waals surface area contributed by atoms with Crippen LogP contribution in [0.3, 0.4) is 0 Å². The summed E-state index contributed by atoms with van der Waals surface area (Å²) in [6.45, 7) is 3.18. The molecule has 2 nitrogen and oxygen atoms in total. The highest BCUT2D eigenvalue weighted by Gasteiger charge is 2.47. The van der Waals surface area contributed by atoms with Gasteiger partial charge in [-0.25, -0.2) is 75.0 Å². The molecule has 3 aromatic carbocycles. The molecule has 19 heteroatoms. The van der Waals surface area contributed by atoms with Crippen molar-refractivity contribution < 1.29 is 70.4 Å². The normalized spacial score (nSPS) is 11.6. The fourth-order valence-electron chi connectivity index (χ4n) is 4.04. The zero-order valence-corrected chi connectivity index (χ0v) is 21.7. The molecule has 43 heavy (non-hydrogen) atoms. The van der Waals surface area contributed by atoms with Crippen LogP contribution in [0.25, 0.3) is 0 Å². The zero-order valence-electron chi connectivity index (χ0n) is 21.0. The molecule has 1 aromatic heterocycles. The fourth-order valence-corrected chi connectivity index (χ4v) is 4.61. The molecule has 0 spiro atoms. The molecule has 0 amide bonds. The van der Waals surface area contributed by atoms with Crippen LogP contribution in [0.1, 0.15) is 6.92 Å². The Morgan fingerprint density at radius 3 is 0.907 bits per heavy atom. The van der Waals surface area contributed by atoms with E-state index in [0.717, 1.165) is 6.54 Å². The number of halogens is 16. The maximum Gasteiger partial charge on any atom is 0.243 e. The van der Waals surface area contributed by atoms with E-state index in [9.17, 15) is 65.9 Å². The molecule has 0 aliphatic carbocycles. The Bertz CT molecular complexity index is 1500. The van der Waals surface area contributed by atoms with E-state index in [4.69, 9.17) is 11.5 Å². The number of aryl methyl sites for hydroxylation is 2. The third kappa shape index (κ3) is 5.29. The lowest BCUT2D eigenvalue weighted by molar-refractivity contribution is -0.671. The van der Waals surface area contributed by atoms with Gasteiger partial charge in [0.2, 0.25) is 6.33 Å². The minimum Gasteiger partial charge on any atom is -0.370 e. The molecular formula is C24H11BClF15N2. The molecular weight excluding hydrogens is 648 g/mol. The predicted molar refractivity (Wildman–Crippen MR) is 120 cm³/mol. The van der Waals surface area contributed by atoms with Crippen molar-refractivity contribution in [3.05, 3.63) is 106 Å². The Morgan fingerprint density at radius 2 is 0.744 bits per heavy atom. The second kappa shape index (κ2) is 12.0. The summed E-state index contributed by atoms with van der Waals surface area (Å²) in [5.41, 5.74) is -14.5. The van der Waals surface area contributed by atoms with Crippen LogP contribution < -0.4 is 21.0 Å². The van der Waals surface area contributed by atoms with E-state index in [2.05, 4.69) is 24.0 Å². The van der Waals surface area contributed by atoms with Crippen LogP contribution in [-0.2, 0) is 13.6 Å². The number of rotatable bonds is 4. The Morgan fingerprint density at radius 1 is 0.512 bits per heavy atom. The van der Waals surface area contributed by atoms with Gasteiger partial charge < -0.3 is 11.5 Å². The lowest BCUT2D eigenvalue weighted by Gasteiger charge is -2.38. The van der Waals surface area contributed by atoms with E-state index in [1.165, 1.54) is 0 Å². The van der Waals surface area contributed by atoms with Gasteiger partial charge in [0.25, 0.3) is 0 Å². The van der Waals surface area contributed by atoms with E-state index in [1.807, 2.05) is 17.8 Å². The molecule has 4 rings (SSSR count). The lowest BCUT2D eigenvalue weighted by Crippen LogP contribution is -2.69. The summed E-state index contributed by atoms with van der Waals surface area (Å²) in [4.78, 5) is 0. The van der Waals surface area contributed by atoms with Crippen molar-refractivity contribution in [3.63, 3.8) is 0 Å². The van der Waals surface area contributed by atoms with Crippen molar-refractivity contribution in [2.24, 2.45) is 7.05 Å². The van der Waals surface area contributed by atoms with Gasteiger partial charge >= 0.3 is 0 Å². The number of hydrogen-bond acceptors (Lipinski definition) is 0. The third-order valence-corrected chi connectivity index (χ3v) is 6.77. The first-order chi connectivity index (χ1) is 19.9. The minimum absolute atomic E-state index is 1.06. The number of nitrogens with zero attached hydrogens (tertiary/aromatic N) is 2. The number of aromatic nitrogens is 2. The summed E-state index contributed by atoms with van der Waals surface area (Å²) in [7, 11) is 2.02. The predicted octanol–water partition coefficient (Wildman–Crippen LogP) is 5.31. The van der Waals surface area contributed by atoms with E-state index in [1.54, 1.807) is 0 Å². The standard InChI is InChI=1S/C18BClF15.C6H11N2/c20-19(1-4(21)10(27)16(33)11(28)5(1)22,2-6(23)12(29)17(34)13(30)7(2)24)3-8(25)14(31)18(35)15(32)9(3)26;1-3-8-5-4-7(2)6-8/h;4-6H,3H2,1-2H3/q-1;+1. The highest BCUT2D eigenvalue weighted by atomic mass is 35.5. The smallest absolute Gasteiger partial charge is 0.243 e. The maximum atomic E-state index is 14.6. The largest absolute Gasteiger partial charge is 0.370 e. The van der Waals surface area contributed by atoms with Gasteiger partial charge in [-0.05, 0) is 6.92 Å². The molecule has 0 unspecified atom stereocenters. The summed E-state index contributed by atoms with van der Waals surface area (Å²) < 4.78 is 215. The van der Waals surface area contributed by atoms with Crippen LogP contribution in [0.2, 0.25) is 0 Å². The number of imidazole rings is 1. The van der Waals surface area contributed by atoms with Crippen LogP contribution in [0.4, 0.5) is 65.9 Å². The van der Waals surface area contributed by atoms with Crippen molar-refractivity contribution in [2.75, 3.05) is 0 Å². The second-order valence-electron chi connectivity index (χ2n) is 8.62. The average molecular weight is 659 g/mol. The van der Waals surface area contributed by atoms with Crippen LogP contribution in [0, 0.1) is 87.3 Å². The summed E-state index contributed by atoms with van der Waals surface area (Å²) in [5, 5.41) is 0. The molecule has 0 saturated carbocycles. The van der Waals surface area contributed by atoms with Crippen molar-refractivity contribution in [3.8, 4) is 0 Å². The van der Waals surface area contributed by atoms with Crippen molar-refractivity contribution >= 4 is 33.4 Å². The minimum atomic E-state index is -5.94. The highest BCUT2D eigenvalue weighted by molar-refractivity contribution is 7.40. The van der Waals surface area contributed by atoms with Gasteiger partial charge in [-0.2, -0.15) is 0 Å². The Hall–Kier alpha value is -3.83. The van der Waals surface area contributed by atoms with E-state index < -0.39 is 109 Å². The van der Waals surface area contributed by atoms with Crippen LogP contribution in [0.15, 0.2) is 18.7 Å². The van der Waals surface area contributed by atoms with Gasteiger partial charge in [0.15, 0.2) is 57.9 Å². The summed E-state index contributed by atoms with van der Waals surface area (Å²) >= 11 is 5.59. The molecule has 232 valence electrons. The topological polar surface area (TPSA) is 8.81 Å². The molecule has 0 aliphatic rings. The van der Waals surface area contributed by atoms with Crippen LogP contribution in [0.5, 0.6) is 0 Å². The first-order valence-corrected chi connectivity index (χ1v) is 11.7.